The van der Waals surface area contributed by atoms with Crippen LogP contribution in [0.1, 0.15) is 62.3 Å². The molecule has 8 heteroatoms. The molecular formula is C21H30N4O3S. The molecule has 0 N–H and O–H groups in total. The van der Waals surface area contributed by atoms with Crippen molar-refractivity contribution >= 4 is 10.0 Å². The summed E-state index contributed by atoms with van der Waals surface area (Å²) in [5.41, 5.74) is 1.26. The molecule has 1 spiro atoms. The number of piperidine rings is 1. The van der Waals surface area contributed by atoms with Gasteiger partial charge in [-0.05, 0) is 55.3 Å². The maximum absolute atomic E-state index is 13.1. The molecule has 2 saturated heterocycles. The molecule has 7 nitrogen and oxygen atoms in total. The number of hydrogen-bond acceptors (Lipinski definition) is 6. The molecule has 158 valence electrons. The highest BCUT2D eigenvalue weighted by Gasteiger charge is 2.47. The molecule has 0 radical (unpaired) electrons. The molecule has 0 bridgehead atoms. The quantitative estimate of drug-likeness (QED) is 0.758. The summed E-state index contributed by atoms with van der Waals surface area (Å²) in [6, 6.07) is 7.47. The first-order valence-corrected chi connectivity index (χ1v) is 11.7. The summed E-state index contributed by atoms with van der Waals surface area (Å²) in [6.45, 7) is 8.06. The van der Waals surface area contributed by atoms with Crippen LogP contribution in [-0.2, 0) is 10.0 Å². The third-order valence-electron chi connectivity index (χ3n) is 6.55. The van der Waals surface area contributed by atoms with Crippen LogP contribution in [0.2, 0.25) is 0 Å². The Labute approximate surface area is 173 Å². The number of aryl methyl sites for hydroxylation is 1. The predicted molar refractivity (Wildman–Crippen MR) is 110 cm³/mol. The summed E-state index contributed by atoms with van der Waals surface area (Å²) in [5, 5.41) is 4.11. The van der Waals surface area contributed by atoms with Gasteiger partial charge in [-0.25, -0.2) is 8.42 Å². The van der Waals surface area contributed by atoms with Gasteiger partial charge in [0.25, 0.3) is 0 Å². The Morgan fingerprint density at radius 3 is 2.38 bits per heavy atom. The molecule has 2 aliphatic rings. The number of rotatable bonds is 4. The van der Waals surface area contributed by atoms with Crippen LogP contribution in [0.5, 0.6) is 0 Å². The average Bonchev–Trinajstić information content (AvgIpc) is 3.25. The van der Waals surface area contributed by atoms with Crippen LogP contribution in [0.15, 0.2) is 33.7 Å². The van der Waals surface area contributed by atoms with E-state index in [2.05, 4.69) is 35.9 Å². The van der Waals surface area contributed by atoms with Crippen molar-refractivity contribution in [1.29, 1.82) is 0 Å². The van der Waals surface area contributed by atoms with Crippen molar-refractivity contribution in [3.05, 3.63) is 41.5 Å². The molecule has 3 heterocycles. The fourth-order valence-corrected chi connectivity index (χ4v) is 6.19. The first kappa shape index (κ1) is 20.5. The standard InChI is InChI=1S/C21H30N4O3S/c1-15(2)17-5-7-18(8-6-17)29(26,27)25-11-9-21(10-12-25)13-19(24(4)14-21)20-22-16(3)28-23-20/h5-8,15,19H,9-14H2,1-4H3. The normalized spacial score (nSPS) is 23.3. The van der Waals surface area contributed by atoms with E-state index in [0.29, 0.717) is 29.8 Å². The summed E-state index contributed by atoms with van der Waals surface area (Å²) in [6.07, 6.45) is 2.65. The van der Waals surface area contributed by atoms with Gasteiger partial charge in [0.15, 0.2) is 5.82 Å². The van der Waals surface area contributed by atoms with Gasteiger partial charge < -0.3 is 4.52 Å². The van der Waals surface area contributed by atoms with Gasteiger partial charge in [0.2, 0.25) is 15.9 Å². The molecule has 2 aliphatic heterocycles. The number of aromatic nitrogens is 2. The summed E-state index contributed by atoms with van der Waals surface area (Å²) in [7, 11) is -1.36. The minimum Gasteiger partial charge on any atom is -0.340 e. The monoisotopic (exact) mass is 418 g/mol. The second kappa shape index (κ2) is 7.49. The van der Waals surface area contributed by atoms with Gasteiger partial charge in [-0.2, -0.15) is 9.29 Å². The molecule has 2 fully saturated rings. The maximum atomic E-state index is 13.1. The summed E-state index contributed by atoms with van der Waals surface area (Å²) in [5.74, 6) is 1.71. The second-order valence-corrected chi connectivity index (χ2v) is 10.9. The van der Waals surface area contributed by atoms with Gasteiger partial charge in [-0.15, -0.1) is 0 Å². The van der Waals surface area contributed by atoms with Crippen LogP contribution in [0, 0.1) is 12.3 Å². The summed E-state index contributed by atoms with van der Waals surface area (Å²) in [4.78, 5) is 7.08. The van der Waals surface area contributed by atoms with E-state index in [1.807, 2.05) is 12.1 Å². The molecule has 0 amide bonds. The Morgan fingerprint density at radius 2 is 1.83 bits per heavy atom. The minimum atomic E-state index is -3.45. The molecule has 29 heavy (non-hydrogen) atoms. The highest BCUT2D eigenvalue weighted by molar-refractivity contribution is 7.89. The SMILES string of the molecule is Cc1nc(C2CC3(CCN(S(=O)(=O)c4ccc(C(C)C)cc4)CC3)CN2C)no1. The van der Waals surface area contributed by atoms with Crippen LogP contribution < -0.4 is 0 Å². The molecule has 1 atom stereocenters. The first-order valence-electron chi connectivity index (χ1n) is 10.3. The summed E-state index contributed by atoms with van der Waals surface area (Å²) >= 11 is 0. The summed E-state index contributed by atoms with van der Waals surface area (Å²) < 4.78 is 33.0. The smallest absolute Gasteiger partial charge is 0.243 e. The van der Waals surface area contributed by atoms with Gasteiger partial charge >= 0.3 is 0 Å². The molecular weight excluding hydrogens is 388 g/mol. The maximum Gasteiger partial charge on any atom is 0.243 e. The van der Waals surface area contributed by atoms with Crippen LogP contribution in [-0.4, -0.2) is 54.4 Å². The average molecular weight is 419 g/mol. The Kier molecular flexibility index (Phi) is 5.29. The third-order valence-corrected chi connectivity index (χ3v) is 8.47. The molecule has 2 aromatic rings. The zero-order chi connectivity index (χ0) is 20.8. The van der Waals surface area contributed by atoms with Crippen molar-refractivity contribution in [3.8, 4) is 0 Å². The van der Waals surface area contributed by atoms with Crippen molar-refractivity contribution in [1.82, 2.24) is 19.3 Å². The van der Waals surface area contributed by atoms with Gasteiger partial charge in [-0.1, -0.05) is 31.1 Å². The van der Waals surface area contributed by atoms with Crippen LogP contribution in [0.25, 0.3) is 0 Å². The lowest BCUT2D eigenvalue weighted by Crippen LogP contribution is -2.44. The van der Waals surface area contributed by atoms with E-state index in [1.54, 1.807) is 23.4 Å². The number of nitrogens with zero attached hydrogens (tertiary/aromatic N) is 4. The zero-order valence-electron chi connectivity index (χ0n) is 17.6. The Hall–Kier alpha value is -1.77. The molecule has 0 saturated carbocycles. The zero-order valence-corrected chi connectivity index (χ0v) is 18.4. The number of sulfonamides is 1. The fraction of sp³-hybridized carbons (Fsp3) is 0.619. The van der Waals surface area contributed by atoms with Gasteiger partial charge in [0.1, 0.15) is 0 Å². The van der Waals surface area contributed by atoms with Crippen molar-refractivity contribution in [2.75, 3.05) is 26.7 Å². The van der Waals surface area contributed by atoms with E-state index >= 15 is 0 Å². The topological polar surface area (TPSA) is 79.5 Å². The molecule has 1 aromatic carbocycles. The molecule has 0 aliphatic carbocycles. The van der Waals surface area contributed by atoms with Gasteiger partial charge in [0.05, 0.1) is 10.9 Å². The Morgan fingerprint density at radius 1 is 1.17 bits per heavy atom. The van der Waals surface area contributed by atoms with Crippen LogP contribution in [0.4, 0.5) is 0 Å². The molecule has 4 rings (SSSR count). The van der Waals surface area contributed by atoms with E-state index in [1.165, 1.54) is 0 Å². The number of likely N-dealkylation sites (tertiary alicyclic amines) is 1. The molecule has 1 aromatic heterocycles. The van der Waals surface area contributed by atoms with Gasteiger partial charge in [-0.3, -0.25) is 4.90 Å². The lowest BCUT2D eigenvalue weighted by molar-refractivity contribution is 0.161. The van der Waals surface area contributed by atoms with Gasteiger partial charge in [0, 0.05) is 26.6 Å². The number of hydrogen-bond donors (Lipinski definition) is 0. The first-order chi connectivity index (χ1) is 13.7. The predicted octanol–water partition coefficient (Wildman–Crippen LogP) is 3.35. The largest absolute Gasteiger partial charge is 0.340 e. The van der Waals surface area contributed by atoms with Crippen LogP contribution in [0.3, 0.4) is 0 Å². The lowest BCUT2D eigenvalue weighted by atomic mass is 9.77. The lowest BCUT2D eigenvalue weighted by Gasteiger charge is -2.38. The highest BCUT2D eigenvalue weighted by Crippen LogP contribution is 2.48. The van der Waals surface area contributed by atoms with E-state index in [0.717, 1.165) is 37.2 Å². The van der Waals surface area contributed by atoms with E-state index < -0.39 is 10.0 Å². The van der Waals surface area contributed by atoms with Crippen molar-refractivity contribution in [3.63, 3.8) is 0 Å². The Bertz CT molecular complexity index is 960. The van der Waals surface area contributed by atoms with E-state index in [9.17, 15) is 8.42 Å². The van der Waals surface area contributed by atoms with Crippen molar-refractivity contribution < 1.29 is 12.9 Å². The van der Waals surface area contributed by atoms with Crippen molar-refractivity contribution in [2.24, 2.45) is 5.41 Å². The fourth-order valence-electron chi connectivity index (χ4n) is 4.75. The second-order valence-electron chi connectivity index (χ2n) is 8.93. The molecule has 1 unspecified atom stereocenters. The number of benzene rings is 1. The Balaban J connectivity index is 1.45. The highest BCUT2D eigenvalue weighted by atomic mass is 32.2. The van der Waals surface area contributed by atoms with E-state index in [4.69, 9.17) is 4.52 Å². The third kappa shape index (κ3) is 3.85. The minimum absolute atomic E-state index is 0.113. The van der Waals surface area contributed by atoms with Crippen LogP contribution >= 0.6 is 0 Å². The van der Waals surface area contributed by atoms with Crippen molar-refractivity contribution in [2.45, 2.75) is 56.9 Å². The van der Waals surface area contributed by atoms with E-state index in [-0.39, 0.29) is 11.5 Å².